The Balaban J connectivity index is 1.91. The first-order chi connectivity index (χ1) is 13.2. The van der Waals surface area contributed by atoms with E-state index in [-0.39, 0.29) is 16.8 Å². The van der Waals surface area contributed by atoms with E-state index in [1.165, 1.54) is 6.07 Å². The Bertz CT molecular complexity index is 985. The molecule has 6 heteroatoms. The van der Waals surface area contributed by atoms with Crippen LogP contribution in [-0.4, -0.2) is 38.3 Å². The highest BCUT2D eigenvalue weighted by atomic mass is 32.2. The Morgan fingerprint density at radius 1 is 1.11 bits per heavy atom. The molecule has 1 fully saturated rings. The molecule has 1 aliphatic rings. The number of piperidine rings is 1. The van der Waals surface area contributed by atoms with Crippen LogP contribution < -0.4 is 4.90 Å². The SMILES string of the molecule is Cc1ccc(N(C)C(=O)c2cccc(S(=O)(=O)N3CCCCC3C)c2)c(C)c1. The molecule has 1 atom stereocenters. The molecular weight excluding hydrogens is 372 g/mol. The smallest absolute Gasteiger partial charge is 0.258 e. The molecule has 2 aromatic carbocycles. The van der Waals surface area contributed by atoms with Gasteiger partial charge in [-0.2, -0.15) is 4.31 Å². The summed E-state index contributed by atoms with van der Waals surface area (Å²) in [6.45, 7) is 6.45. The summed E-state index contributed by atoms with van der Waals surface area (Å²) in [5, 5.41) is 0. The molecule has 0 radical (unpaired) electrons. The van der Waals surface area contributed by atoms with Gasteiger partial charge < -0.3 is 4.90 Å². The predicted molar refractivity (Wildman–Crippen MR) is 112 cm³/mol. The fourth-order valence-electron chi connectivity index (χ4n) is 3.84. The summed E-state index contributed by atoms with van der Waals surface area (Å²) in [6, 6.07) is 12.3. The second-order valence-corrected chi connectivity index (χ2v) is 9.53. The number of amides is 1. The summed E-state index contributed by atoms with van der Waals surface area (Å²) < 4.78 is 27.8. The van der Waals surface area contributed by atoms with E-state index < -0.39 is 10.0 Å². The Morgan fingerprint density at radius 2 is 1.86 bits per heavy atom. The quantitative estimate of drug-likeness (QED) is 0.775. The largest absolute Gasteiger partial charge is 0.311 e. The van der Waals surface area contributed by atoms with Gasteiger partial charge >= 0.3 is 0 Å². The normalized spacial score (nSPS) is 18.1. The summed E-state index contributed by atoms with van der Waals surface area (Å²) >= 11 is 0. The first-order valence-corrected chi connectivity index (χ1v) is 11.1. The Morgan fingerprint density at radius 3 is 2.54 bits per heavy atom. The van der Waals surface area contributed by atoms with E-state index in [1.807, 2.05) is 39.0 Å². The fraction of sp³-hybridized carbons (Fsp3) is 0.409. The van der Waals surface area contributed by atoms with Crippen molar-refractivity contribution in [2.75, 3.05) is 18.5 Å². The van der Waals surface area contributed by atoms with Crippen LogP contribution in [0.25, 0.3) is 0 Å². The lowest BCUT2D eigenvalue weighted by Crippen LogP contribution is -2.42. The Hall–Kier alpha value is -2.18. The molecule has 2 aromatic rings. The lowest BCUT2D eigenvalue weighted by Gasteiger charge is -2.32. The van der Waals surface area contributed by atoms with E-state index in [4.69, 9.17) is 0 Å². The number of nitrogens with zero attached hydrogens (tertiary/aromatic N) is 2. The second kappa shape index (κ2) is 8.05. The summed E-state index contributed by atoms with van der Waals surface area (Å²) in [5.74, 6) is -0.226. The van der Waals surface area contributed by atoms with Gasteiger partial charge in [-0.15, -0.1) is 0 Å². The molecule has 0 N–H and O–H groups in total. The molecule has 1 saturated heterocycles. The highest BCUT2D eigenvalue weighted by molar-refractivity contribution is 7.89. The molecule has 0 aliphatic carbocycles. The van der Waals surface area contributed by atoms with Crippen LogP contribution in [0.15, 0.2) is 47.4 Å². The molecule has 150 valence electrons. The van der Waals surface area contributed by atoms with Crippen LogP contribution >= 0.6 is 0 Å². The molecule has 1 heterocycles. The maximum Gasteiger partial charge on any atom is 0.258 e. The van der Waals surface area contributed by atoms with Crippen LogP contribution in [0.5, 0.6) is 0 Å². The first-order valence-electron chi connectivity index (χ1n) is 9.69. The summed E-state index contributed by atoms with van der Waals surface area (Å²) in [5.41, 5.74) is 3.31. The van der Waals surface area contributed by atoms with Gasteiger partial charge in [0.2, 0.25) is 10.0 Å². The van der Waals surface area contributed by atoms with Crippen LogP contribution in [0.2, 0.25) is 0 Å². The average Bonchev–Trinajstić information content (AvgIpc) is 2.67. The molecule has 28 heavy (non-hydrogen) atoms. The van der Waals surface area contributed by atoms with Gasteiger partial charge in [0.1, 0.15) is 0 Å². The third-order valence-corrected chi connectivity index (χ3v) is 7.46. The highest BCUT2D eigenvalue weighted by Crippen LogP contribution is 2.27. The number of anilines is 1. The predicted octanol–water partition coefficient (Wildman–Crippen LogP) is 4.14. The van der Waals surface area contributed by atoms with Gasteiger partial charge in [-0.3, -0.25) is 4.79 Å². The second-order valence-electron chi connectivity index (χ2n) is 7.64. The number of carbonyl (C=O) groups excluding carboxylic acids is 1. The first kappa shape index (κ1) is 20.6. The maximum atomic E-state index is 13.1. The molecule has 1 aliphatic heterocycles. The molecular formula is C22H28N2O3S. The van der Waals surface area contributed by atoms with Gasteiger partial charge in [0.05, 0.1) is 4.90 Å². The zero-order valence-electron chi connectivity index (χ0n) is 17.0. The standard InChI is InChI=1S/C22H28N2O3S/c1-16-11-12-21(17(2)14-16)23(4)22(25)19-9-7-10-20(15-19)28(26,27)24-13-6-5-8-18(24)3/h7,9-12,14-15,18H,5-6,8,13H2,1-4H3. The number of hydrogen-bond acceptors (Lipinski definition) is 3. The van der Waals surface area contributed by atoms with Crippen LogP contribution in [0.3, 0.4) is 0 Å². The highest BCUT2D eigenvalue weighted by Gasteiger charge is 2.31. The number of sulfonamides is 1. The number of hydrogen-bond donors (Lipinski definition) is 0. The molecule has 0 saturated carbocycles. The zero-order valence-corrected chi connectivity index (χ0v) is 17.8. The van der Waals surface area contributed by atoms with E-state index in [1.54, 1.807) is 34.5 Å². The summed E-state index contributed by atoms with van der Waals surface area (Å²) in [6.07, 6.45) is 2.79. The Labute approximate surface area is 168 Å². The van der Waals surface area contributed by atoms with E-state index >= 15 is 0 Å². The van der Waals surface area contributed by atoms with Crippen molar-refractivity contribution in [1.82, 2.24) is 4.31 Å². The number of aryl methyl sites for hydroxylation is 2. The number of carbonyl (C=O) groups is 1. The fourth-order valence-corrected chi connectivity index (χ4v) is 5.58. The minimum absolute atomic E-state index is 0.0176. The van der Waals surface area contributed by atoms with Crippen LogP contribution in [0.4, 0.5) is 5.69 Å². The summed E-state index contributed by atoms with van der Waals surface area (Å²) in [4.78, 5) is 14.8. The molecule has 1 amide bonds. The van der Waals surface area contributed by atoms with Crippen molar-refractivity contribution in [3.63, 3.8) is 0 Å². The van der Waals surface area contributed by atoms with Crippen molar-refractivity contribution in [2.45, 2.75) is 51.0 Å². The molecule has 0 spiro atoms. The topological polar surface area (TPSA) is 57.7 Å². The number of rotatable bonds is 4. The third kappa shape index (κ3) is 3.98. The van der Waals surface area contributed by atoms with Crippen LogP contribution in [0, 0.1) is 13.8 Å². The monoisotopic (exact) mass is 400 g/mol. The Kier molecular flexibility index (Phi) is 5.91. The maximum absolute atomic E-state index is 13.1. The van der Waals surface area contributed by atoms with Gasteiger partial charge in [0, 0.05) is 30.9 Å². The van der Waals surface area contributed by atoms with Gasteiger partial charge in [-0.1, -0.05) is 30.2 Å². The molecule has 0 bridgehead atoms. The van der Waals surface area contributed by atoms with Gasteiger partial charge in [-0.05, 0) is 63.4 Å². The molecule has 1 unspecified atom stereocenters. The van der Waals surface area contributed by atoms with Gasteiger partial charge in [0.25, 0.3) is 5.91 Å². The average molecular weight is 401 g/mol. The molecule has 0 aromatic heterocycles. The van der Waals surface area contributed by atoms with Crippen molar-refractivity contribution < 1.29 is 13.2 Å². The van der Waals surface area contributed by atoms with E-state index in [0.717, 1.165) is 36.1 Å². The minimum atomic E-state index is -3.61. The van der Waals surface area contributed by atoms with Crippen LogP contribution in [0.1, 0.15) is 47.7 Å². The number of benzene rings is 2. The zero-order chi connectivity index (χ0) is 20.5. The third-order valence-electron chi connectivity index (χ3n) is 5.45. The van der Waals surface area contributed by atoms with Gasteiger partial charge in [0.15, 0.2) is 0 Å². The lowest BCUT2D eigenvalue weighted by molar-refractivity contribution is 0.0992. The van der Waals surface area contributed by atoms with Gasteiger partial charge in [-0.25, -0.2) is 8.42 Å². The summed E-state index contributed by atoms with van der Waals surface area (Å²) in [7, 11) is -1.89. The van der Waals surface area contributed by atoms with Crippen molar-refractivity contribution in [3.8, 4) is 0 Å². The molecule has 3 rings (SSSR count). The van der Waals surface area contributed by atoms with Crippen molar-refractivity contribution >= 4 is 21.6 Å². The lowest BCUT2D eigenvalue weighted by atomic mass is 10.1. The van der Waals surface area contributed by atoms with Crippen molar-refractivity contribution in [3.05, 3.63) is 59.2 Å². The van der Waals surface area contributed by atoms with Crippen molar-refractivity contribution in [1.29, 1.82) is 0 Å². The van der Waals surface area contributed by atoms with Crippen molar-refractivity contribution in [2.24, 2.45) is 0 Å². The van der Waals surface area contributed by atoms with E-state index in [0.29, 0.717) is 12.1 Å². The van der Waals surface area contributed by atoms with Crippen LogP contribution in [-0.2, 0) is 10.0 Å². The minimum Gasteiger partial charge on any atom is -0.311 e. The molecule has 5 nitrogen and oxygen atoms in total. The van der Waals surface area contributed by atoms with E-state index in [2.05, 4.69) is 0 Å². The van der Waals surface area contributed by atoms with E-state index in [9.17, 15) is 13.2 Å².